The van der Waals surface area contributed by atoms with Crippen LogP contribution in [0.4, 0.5) is 0 Å². The zero-order valence-corrected chi connectivity index (χ0v) is 20.5. The molecule has 1 aromatic heterocycles. The molecule has 10 heteroatoms. The molecule has 0 spiro atoms. The molecule has 0 saturated carbocycles. The summed E-state index contributed by atoms with van der Waals surface area (Å²) in [6.45, 7) is 5.91. The molecule has 2 N–H and O–H groups in total. The molecule has 0 unspecified atom stereocenters. The van der Waals surface area contributed by atoms with Crippen molar-refractivity contribution < 1.29 is 12.8 Å². The summed E-state index contributed by atoms with van der Waals surface area (Å²) in [4.78, 5) is 9.11. The van der Waals surface area contributed by atoms with E-state index >= 15 is 0 Å². The third-order valence-electron chi connectivity index (χ3n) is 4.87. The molecule has 0 atom stereocenters. The van der Waals surface area contributed by atoms with Crippen LogP contribution in [0, 0.1) is 0 Å². The maximum atomic E-state index is 12.0. The Morgan fingerprint density at radius 3 is 2.57 bits per heavy atom. The molecule has 0 aliphatic carbocycles. The number of hydrogen-bond donors (Lipinski definition) is 2. The Morgan fingerprint density at radius 2 is 1.93 bits per heavy atom. The van der Waals surface area contributed by atoms with Crippen LogP contribution in [0.15, 0.2) is 46.0 Å². The third-order valence-corrected chi connectivity index (χ3v) is 6.75. The fraction of sp³-hybridized carbons (Fsp3) is 0.500. The van der Waals surface area contributed by atoms with Gasteiger partial charge in [-0.2, -0.15) is 0 Å². The summed E-state index contributed by atoms with van der Waals surface area (Å²) in [7, 11) is -3.11. The summed E-state index contributed by atoms with van der Waals surface area (Å²) < 4.78 is 31.1. The number of guanidine groups is 1. The number of nitrogens with zero attached hydrogens (tertiary/aromatic N) is 3. The van der Waals surface area contributed by atoms with Gasteiger partial charge in [0, 0.05) is 31.2 Å². The summed E-state index contributed by atoms with van der Waals surface area (Å²) in [5, 5.41) is 6.65. The van der Waals surface area contributed by atoms with Crippen LogP contribution in [-0.4, -0.2) is 55.1 Å². The molecule has 1 saturated heterocycles. The predicted molar refractivity (Wildman–Crippen MR) is 129 cm³/mol. The van der Waals surface area contributed by atoms with E-state index in [4.69, 9.17) is 4.42 Å². The van der Waals surface area contributed by atoms with Crippen LogP contribution in [0.3, 0.4) is 0 Å². The Balaban J connectivity index is 0.00000320. The zero-order chi connectivity index (χ0) is 20.7. The van der Waals surface area contributed by atoms with Crippen LogP contribution in [-0.2, 0) is 16.6 Å². The molecule has 1 aliphatic heterocycles. The number of rotatable bonds is 7. The minimum absolute atomic E-state index is 0. The number of aromatic nitrogens is 1. The highest BCUT2D eigenvalue weighted by Crippen LogP contribution is 2.18. The molecule has 1 fully saturated rings. The minimum Gasteiger partial charge on any atom is -0.444 e. The fourth-order valence-electron chi connectivity index (χ4n) is 3.23. The molecule has 3 rings (SSSR count). The number of hydrogen-bond acceptors (Lipinski definition) is 5. The van der Waals surface area contributed by atoms with E-state index in [-0.39, 0.29) is 35.8 Å². The predicted octanol–water partition coefficient (Wildman–Crippen LogP) is 2.83. The van der Waals surface area contributed by atoms with Crippen LogP contribution in [0.1, 0.15) is 32.4 Å². The molecule has 2 aromatic rings. The standard InChI is InChI=1S/C20H29N5O3S.HI/c1-3-21-20(24-17-10-12-25(13-11-17)29(26,27)4-2)22-14-18-15-28-19(23-18)16-8-6-5-7-9-16;/h5-9,15,17H,3-4,10-14H2,1-2H3,(H2,21,22,24);1H. The highest BCUT2D eigenvalue weighted by Gasteiger charge is 2.27. The van der Waals surface area contributed by atoms with Crippen LogP contribution >= 0.6 is 24.0 Å². The van der Waals surface area contributed by atoms with Crippen molar-refractivity contribution in [1.29, 1.82) is 0 Å². The van der Waals surface area contributed by atoms with Gasteiger partial charge in [-0.05, 0) is 38.8 Å². The zero-order valence-electron chi connectivity index (χ0n) is 17.4. The fourth-order valence-corrected chi connectivity index (χ4v) is 4.36. The van der Waals surface area contributed by atoms with Gasteiger partial charge in [0.2, 0.25) is 15.9 Å². The van der Waals surface area contributed by atoms with E-state index in [1.54, 1.807) is 17.5 Å². The van der Waals surface area contributed by atoms with E-state index in [0.29, 0.717) is 31.5 Å². The van der Waals surface area contributed by atoms with Crippen molar-refractivity contribution in [2.45, 2.75) is 39.3 Å². The quantitative estimate of drug-likeness (QED) is 0.314. The Morgan fingerprint density at radius 1 is 1.23 bits per heavy atom. The van der Waals surface area contributed by atoms with E-state index in [1.165, 1.54) is 0 Å². The van der Waals surface area contributed by atoms with Crippen molar-refractivity contribution in [3.8, 4) is 11.5 Å². The number of piperidine rings is 1. The van der Waals surface area contributed by atoms with Crippen LogP contribution < -0.4 is 10.6 Å². The lowest BCUT2D eigenvalue weighted by Crippen LogP contribution is -2.50. The van der Waals surface area contributed by atoms with Gasteiger partial charge in [0.05, 0.1) is 12.3 Å². The van der Waals surface area contributed by atoms with E-state index < -0.39 is 10.0 Å². The maximum Gasteiger partial charge on any atom is 0.226 e. The van der Waals surface area contributed by atoms with Gasteiger partial charge in [-0.15, -0.1) is 24.0 Å². The van der Waals surface area contributed by atoms with E-state index in [1.807, 2.05) is 37.3 Å². The van der Waals surface area contributed by atoms with Gasteiger partial charge in [-0.1, -0.05) is 18.2 Å². The van der Waals surface area contributed by atoms with Crippen molar-refractivity contribution in [3.63, 3.8) is 0 Å². The second-order valence-electron chi connectivity index (χ2n) is 6.92. The summed E-state index contributed by atoms with van der Waals surface area (Å²) in [5.41, 5.74) is 1.69. The SMILES string of the molecule is CCNC(=NCc1coc(-c2ccccc2)n1)NC1CCN(S(=O)(=O)CC)CC1.I. The minimum atomic E-state index is -3.11. The number of benzene rings is 1. The molecule has 166 valence electrons. The van der Waals surface area contributed by atoms with E-state index in [0.717, 1.165) is 30.6 Å². The summed E-state index contributed by atoms with van der Waals surface area (Å²) in [6, 6.07) is 9.94. The molecular weight excluding hydrogens is 517 g/mol. The number of sulfonamides is 1. The van der Waals surface area contributed by atoms with Crippen molar-refractivity contribution >= 4 is 40.0 Å². The van der Waals surface area contributed by atoms with Gasteiger partial charge in [0.25, 0.3) is 0 Å². The number of nitrogens with one attached hydrogen (secondary N) is 2. The summed E-state index contributed by atoms with van der Waals surface area (Å²) in [5.74, 6) is 1.43. The van der Waals surface area contributed by atoms with Gasteiger partial charge in [-0.3, -0.25) is 0 Å². The molecule has 0 bridgehead atoms. The van der Waals surface area contributed by atoms with Gasteiger partial charge >= 0.3 is 0 Å². The number of halogens is 1. The lowest BCUT2D eigenvalue weighted by molar-refractivity contribution is 0.306. The third kappa shape index (κ3) is 6.67. The molecule has 0 amide bonds. The van der Waals surface area contributed by atoms with Gasteiger partial charge in [-0.25, -0.2) is 22.7 Å². The van der Waals surface area contributed by atoms with E-state index in [9.17, 15) is 8.42 Å². The summed E-state index contributed by atoms with van der Waals surface area (Å²) >= 11 is 0. The Hall–Kier alpha value is -1.66. The molecule has 30 heavy (non-hydrogen) atoms. The topological polar surface area (TPSA) is 99.8 Å². The van der Waals surface area contributed by atoms with Gasteiger partial charge in [0.15, 0.2) is 5.96 Å². The monoisotopic (exact) mass is 547 g/mol. The van der Waals surface area contributed by atoms with Crippen molar-refractivity contribution in [2.75, 3.05) is 25.4 Å². The highest BCUT2D eigenvalue weighted by molar-refractivity contribution is 14.0. The Kier molecular flexibility index (Phi) is 9.56. The van der Waals surface area contributed by atoms with Crippen LogP contribution in [0.2, 0.25) is 0 Å². The average molecular weight is 547 g/mol. The summed E-state index contributed by atoms with van der Waals surface area (Å²) in [6.07, 6.45) is 3.14. The van der Waals surface area contributed by atoms with Crippen molar-refractivity contribution in [3.05, 3.63) is 42.3 Å². The van der Waals surface area contributed by atoms with Crippen molar-refractivity contribution in [2.24, 2.45) is 4.99 Å². The van der Waals surface area contributed by atoms with Gasteiger partial charge in [0.1, 0.15) is 12.0 Å². The largest absolute Gasteiger partial charge is 0.444 e. The first-order valence-electron chi connectivity index (χ1n) is 10.0. The van der Waals surface area contributed by atoms with Crippen LogP contribution in [0.5, 0.6) is 0 Å². The lowest BCUT2D eigenvalue weighted by Gasteiger charge is -2.32. The Bertz CT molecular complexity index is 910. The molecule has 1 aliphatic rings. The maximum absolute atomic E-state index is 12.0. The lowest BCUT2D eigenvalue weighted by atomic mass is 10.1. The normalized spacial score (nSPS) is 16.1. The number of oxazole rings is 1. The van der Waals surface area contributed by atoms with Gasteiger partial charge < -0.3 is 15.1 Å². The molecule has 1 aromatic carbocycles. The first-order chi connectivity index (χ1) is 14.0. The first kappa shape index (κ1) is 24.6. The second-order valence-corrected chi connectivity index (χ2v) is 9.18. The first-order valence-corrected chi connectivity index (χ1v) is 11.6. The second kappa shape index (κ2) is 11.7. The van der Waals surface area contributed by atoms with Crippen molar-refractivity contribution in [1.82, 2.24) is 19.9 Å². The molecular formula is C20H30IN5O3S. The smallest absolute Gasteiger partial charge is 0.226 e. The Labute approximate surface area is 195 Å². The highest BCUT2D eigenvalue weighted by atomic mass is 127. The average Bonchev–Trinajstić information content (AvgIpc) is 3.22. The number of aliphatic imine (C=N–C) groups is 1. The molecule has 2 heterocycles. The molecule has 0 radical (unpaired) electrons. The molecule has 8 nitrogen and oxygen atoms in total. The van der Waals surface area contributed by atoms with E-state index in [2.05, 4.69) is 20.6 Å². The van der Waals surface area contributed by atoms with Crippen LogP contribution in [0.25, 0.3) is 11.5 Å².